The van der Waals surface area contributed by atoms with Gasteiger partial charge in [0, 0.05) is 31.4 Å². The van der Waals surface area contributed by atoms with Gasteiger partial charge in [-0.2, -0.15) is 0 Å². The number of ether oxygens (including phenoxy) is 1. The third-order valence-electron chi connectivity index (χ3n) is 5.71. The lowest BCUT2D eigenvalue weighted by Crippen LogP contribution is -2.56. The van der Waals surface area contributed by atoms with Crippen molar-refractivity contribution in [1.82, 2.24) is 19.8 Å². The molecule has 3 rings (SSSR count). The van der Waals surface area contributed by atoms with Gasteiger partial charge in [-0.15, -0.1) is 0 Å². The Labute approximate surface area is 200 Å². The zero-order valence-electron chi connectivity index (χ0n) is 20.6. The Hall–Kier alpha value is -3.49. The average molecular weight is 468 g/mol. The van der Waals surface area contributed by atoms with Crippen LogP contribution in [-0.4, -0.2) is 70.0 Å². The van der Waals surface area contributed by atoms with Crippen LogP contribution in [0.2, 0.25) is 0 Å². The minimum atomic E-state index is -0.585. The van der Waals surface area contributed by atoms with Crippen LogP contribution >= 0.6 is 0 Å². The van der Waals surface area contributed by atoms with Crippen molar-refractivity contribution in [3.05, 3.63) is 52.6 Å². The van der Waals surface area contributed by atoms with Gasteiger partial charge in [0.05, 0.1) is 12.3 Å². The zero-order valence-corrected chi connectivity index (χ0v) is 20.6. The molecule has 34 heavy (non-hydrogen) atoms. The first-order chi connectivity index (χ1) is 16.2. The fourth-order valence-corrected chi connectivity index (χ4v) is 4.13. The van der Waals surface area contributed by atoms with E-state index in [9.17, 15) is 14.4 Å². The highest BCUT2D eigenvalue weighted by atomic mass is 16.5. The monoisotopic (exact) mass is 467 g/mol. The molecule has 1 aromatic carbocycles. The van der Waals surface area contributed by atoms with Crippen LogP contribution in [0.25, 0.3) is 0 Å². The van der Waals surface area contributed by atoms with Crippen molar-refractivity contribution in [2.75, 3.05) is 31.6 Å². The van der Waals surface area contributed by atoms with Crippen LogP contribution in [0.1, 0.15) is 65.1 Å². The molecule has 1 fully saturated rings. The van der Waals surface area contributed by atoms with Crippen molar-refractivity contribution in [3.63, 3.8) is 0 Å². The molecular weight excluding hydrogens is 434 g/mol. The fraction of sp³-hybridized carbons (Fsp3) is 0.480. The molecule has 1 N–H and O–H groups in total. The Morgan fingerprint density at radius 1 is 1.15 bits per heavy atom. The van der Waals surface area contributed by atoms with E-state index in [1.165, 1.54) is 0 Å². The number of aromatic nitrogens is 2. The van der Waals surface area contributed by atoms with E-state index in [1.54, 1.807) is 23.6 Å². The van der Waals surface area contributed by atoms with E-state index in [0.717, 1.165) is 17.7 Å². The number of nitrogens with one attached hydrogen (secondary N) is 1. The van der Waals surface area contributed by atoms with Crippen LogP contribution in [-0.2, 0) is 11.2 Å². The van der Waals surface area contributed by atoms with Gasteiger partial charge in [-0.25, -0.2) is 19.6 Å². The molecule has 2 heterocycles. The van der Waals surface area contributed by atoms with Crippen molar-refractivity contribution < 1.29 is 19.1 Å². The number of esters is 1. The lowest BCUT2D eigenvalue weighted by atomic mass is 10.1. The Bertz CT molecular complexity index is 1070. The number of hydrogen-bond acceptors (Lipinski definition) is 6. The van der Waals surface area contributed by atoms with Gasteiger partial charge in [0.2, 0.25) is 0 Å². The molecule has 2 aromatic rings. The summed E-state index contributed by atoms with van der Waals surface area (Å²) in [7, 11) is 0. The van der Waals surface area contributed by atoms with Crippen molar-refractivity contribution in [3.8, 4) is 0 Å². The summed E-state index contributed by atoms with van der Waals surface area (Å²) in [5, 5.41) is 2.93. The van der Waals surface area contributed by atoms with Crippen LogP contribution in [0.4, 0.5) is 10.5 Å². The quantitative estimate of drug-likeness (QED) is 0.651. The second-order valence-electron chi connectivity index (χ2n) is 8.50. The smallest absolute Gasteiger partial charge is 0.342 e. The molecule has 3 amide bonds. The molecule has 1 saturated heterocycles. The van der Waals surface area contributed by atoms with E-state index in [0.29, 0.717) is 37.6 Å². The topological polar surface area (TPSA) is 105 Å². The van der Waals surface area contributed by atoms with Gasteiger partial charge in [0.25, 0.3) is 5.91 Å². The summed E-state index contributed by atoms with van der Waals surface area (Å²) in [5.41, 5.74) is 2.53. The summed E-state index contributed by atoms with van der Waals surface area (Å²) >= 11 is 0. The second kappa shape index (κ2) is 11.1. The van der Waals surface area contributed by atoms with Crippen molar-refractivity contribution >= 4 is 23.6 Å². The fourth-order valence-electron chi connectivity index (χ4n) is 4.13. The SMILES string of the molecule is CCCc1nc(C)nc(C(=O)N2CCN(C(=O)Nc3cccc(C)c3)C(C)C2)c1C(=O)OCC. The Morgan fingerprint density at radius 3 is 2.56 bits per heavy atom. The zero-order chi connectivity index (χ0) is 24.8. The average Bonchev–Trinajstić information content (AvgIpc) is 2.78. The van der Waals surface area contributed by atoms with Gasteiger partial charge >= 0.3 is 12.0 Å². The highest BCUT2D eigenvalue weighted by Gasteiger charge is 2.34. The number of carbonyl (C=O) groups excluding carboxylic acids is 3. The molecule has 0 saturated carbocycles. The molecule has 9 heteroatoms. The first kappa shape index (κ1) is 25.1. The lowest BCUT2D eigenvalue weighted by Gasteiger charge is -2.39. The van der Waals surface area contributed by atoms with Crippen LogP contribution < -0.4 is 5.32 Å². The lowest BCUT2D eigenvalue weighted by molar-refractivity contribution is 0.0502. The van der Waals surface area contributed by atoms with Gasteiger partial charge in [0.1, 0.15) is 17.1 Å². The molecule has 1 aliphatic rings. The van der Waals surface area contributed by atoms with E-state index >= 15 is 0 Å². The number of amides is 3. The number of piperazine rings is 1. The van der Waals surface area contributed by atoms with Crippen LogP contribution in [0, 0.1) is 13.8 Å². The van der Waals surface area contributed by atoms with E-state index in [4.69, 9.17) is 4.74 Å². The minimum absolute atomic E-state index is 0.0688. The summed E-state index contributed by atoms with van der Waals surface area (Å²) in [5.74, 6) is -0.501. The van der Waals surface area contributed by atoms with E-state index in [1.807, 2.05) is 45.0 Å². The van der Waals surface area contributed by atoms with Crippen molar-refractivity contribution in [2.24, 2.45) is 0 Å². The number of carbonyl (C=O) groups is 3. The maximum Gasteiger partial charge on any atom is 0.342 e. The summed E-state index contributed by atoms with van der Waals surface area (Å²) in [4.78, 5) is 51.2. The molecule has 1 aromatic heterocycles. The second-order valence-corrected chi connectivity index (χ2v) is 8.50. The molecule has 0 radical (unpaired) electrons. The van der Waals surface area contributed by atoms with Crippen LogP contribution in [0.15, 0.2) is 24.3 Å². The molecule has 9 nitrogen and oxygen atoms in total. The van der Waals surface area contributed by atoms with Gasteiger partial charge < -0.3 is 19.9 Å². The highest BCUT2D eigenvalue weighted by molar-refractivity contribution is 6.04. The Morgan fingerprint density at radius 2 is 1.91 bits per heavy atom. The van der Waals surface area contributed by atoms with E-state index in [-0.39, 0.29) is 35.8 Å². The normalized spacial score (nSPS) is 15.7. The number of urea groups is 1. The predicted molar refractivity (Wildman–Crippen MR) is 129 cm³/mol. The van der Waals surface area contributed by atoms with Crippen molar-refractivity contribution in [2.45, 2.75) is 53.5 Å². The number of nitrogens with zero attached hydrogens (tertiary/aromatic N) is 4. The number of aryl methyl sites for hydroxylation is 3. The predicted octanol–water partition coefficient (Wildman–Crippen LogP) is 3.60. The molecule has 1 unspecified atom stereocenters. The molecule has 182 valence electrons. The summed E-state index contributed by atoms with van der Waals surface area (Å²) < 4.78 is 5.22. The number of benzene rings is 1. The van der Waals surface area contributed by atoms with Gasteiger partial charge in [-0.05, 0) is 51.8 Å². The van der Waals surface area contributed by atoms with Gasteiger partial charge in [-0.1, -0.05) is 25.5 Å². The van der Waals surface area contributed by atoms with E-state index < -0.39 is 5.97 Å². The molecule has 0 spiro atoms. The first-order valence-electron chi connectivity index (χ1n) is 11.7. The Kier molecular flexibility index (Phi) is 8.20. The summed E-state index contributed by atoms with van der Waals surface area (Å²) in [6, 6.07) is 7.19. The molecule has 1 aliphatic heterocycles. The van der Waals surface area contributed by atoms with Crippen LogP contribution in [0.5, 0.6) is 0 Å². The summed E-state index contributed by atoms with van der Waals surface area (Å²) in [6.45, 7) is 10.5. The minimum Gasteiger partial charge on any atom is -0.462 e. The third kappa shape index (κ3) is 5.70. The number of anilines is 1. The molecule has 1 atom stereocenters. The Balaban J connectivity index is 1.79. The van der Waals surface area contributed by atoms with Crippen molar-refractivity contribution in [1.29, 1.82) is 0 Å². The maximum atomic E-state index is 13.5. The standard InChI is InChI=1S/C25H33N5O4/c1-6-9-20-21(24(32)34-7-2)22(27-18(5)26-20)23(31)29-12-13-30(17(4)15-29)25(33)28-19-11-8-10-16(3)14-19/h8,10-11,14,17H,6-7,9,12-13,15H2,1-5H3,(H,28,33). The molecule has 0 bridgehead atoms. The number of rotatable bonds is 6. The first-order valence-corrected chi connectivity index (χ1v) is 11.7. The van der Waals surface area contributed by atoms with E-state index in [2.05, 4.69) is 15.3 Å². The molecule has 0 aliphatic carbocycles. The largest absolute Gasteiger partial charge is 0.462 e. The van der Waals surface area contributed by atoms with Crippen LogP contribution in [0.3, 0.4) is 0 Å². The van der Waals surface area contributed by atoms with Gasteiger partial charge in [-0.3, -0.25) is 4.79 Å². The maximum absolute atomic E-state index is 13.5. The molecular formula is C25H33N5O4. The third-order valence-corrected chi connectivity index (χ3v) is 5.71. The highest BCUT2D eigenvalue weighted by Crippen LogP contribution is 2.20. The number of hydrogen-bond donors (Lipinski definition) is 1. The summed E-state index contributed by atoms with van der Waals surface area (Å²) in [6.07, 6.45) is 1.31. The van der Waals surface area contributed by atoms with Gasteiger partial charge in [0.15, 0.2) is 0 Å².